The Hall–Kier alpha value is -2.11. The number of hydrogen-bond acceptors (Lipinski definition) is 4. The Morgan fingerprint density at radius 2 is 1.96 bits per heavy atom. The summed E-state index contributed by atoms with van der Waals surface area (Å²) in [7, 11) is 0. The van der Waals surface area contributed by atoms with Crippen LogP contribution >= 0.6 is 0 Å². The normalized spacial score (nSPS) is 22.0. The van der Waals surface area contributed by atoms with Crippen molar-refractivity contribution in [1.82, 2.24) is 19.5 Å². The largest absolute Gasteiger partial charge is 0.342 e. The van der Waals surface area contributed by atoms with Crippen LogP contribution in [-0.2, 0) is 4.79 Å². The van der Waals surface area contributed by atoms with Gasteiger partial charge < -0.3 is 9.80 Å². The summed E-state index contributed by atoms with van der Waals surface area (Å²) in [5, 5.41) is 8.66. The van der Waals surface area contributed by atoms with Gasteiger partial charge in [0.25, 0.3) is 0 Å². The van der Waals surface area contributed by atoms with Gasteiger partial charge in [-0.15, -0.1) is 10.2 Å². The third-order valence-corrected chi connectivity index (χ3v) is 5.08. The second kappa shape index (κ2) is 5.83. The van der Waals surface area contributed by atoms with E-state index < -0.39 is 0 Å². The molecule has 0 spiro atoms. The first-order valence-electron chi connectivity index (χ1n) is 8.58. The number of rotatable bonds is 2. The van der Waals surface area contributed by atoms with E-state index in [1.165, 1.54) is 0 Å². The molecule has 2 aromatic rings. The molecule has 122 valence electrons. The third kappa shape index (κ3) is 2.56. The summed E-state index contributed by atoms with van der Waals surface area (Å²) in [6.45, 7) is 5.63. The third-order valence-electron chi connectivity index (χ3n) is 5.08. The Labute approximate surface area is 136 Å². The molecule has 2 aliphatic rings. The molecule has 23 heavy (non-hydrogen) atoms. The lowest BCUT2D eigenvalue weighted by Crippen LogP contribution is -2.44. The number of aromatic nitrogens is 3. The zero-order valence-electron chi connectivity index (χ0n) is 13.6. The summed E-state index contributed by atoms with van der Waals surface area (Å²) >= 11 is 0. The topological polar surface area (TPSA) is 53.7 Å². The maximum atomic E-state index is 12.7. The lowest BCUT2D eigenvalue weighted by atomic mass is 9.97. The lowest BCUT2D eigenvalue weighted by molar-refractivity contribution is -0.134. The van der Waals surface area contributed by atoms with E-state index in [0.717, 1.165) is 69.2 Å². The molecule has 2 aliphatic heterocycles. The van der Waals surface area contributed by atoms with Crippen molar-refractivity contribution in [1.29, 1.82) is 0 Å². The molecule has 6 heteroatoms. The van der Waals surface area contributed by atoms with Crippen LogP contribution in [0.4, 0.5) is 5.95 Å². The Bertz CT molecular complexity index is 719. The van der Waals surface area contributed by atoms with Gasteiger partial charge in [-0.1, -0.05) is 6.07 Å². The van der Waals surface area contributed by atoms with Gasteiger partial charge in [0.15, 0.2) is 5.65 Å². The number of piperidine rings is 1. The molecule has 2 fully saturated rings. The number of nitrogens with zero attached hydrogens (tertiary/aromatic N) is 5. The molecule has 0 bridgehead atoms. The number of hydrogen-bond donors (Lipinski definition) is 0. The van der Waals surface area contributed by atoms with E-state index in [1.54, 1.807) is 0 Å². The smallest absolute Gasteiger partial charge is 0.231 e. The summed E-state index contributed by atoms with van der Waals surface area (Å²) in [6, 6.07) is 6.04. The molecule has 1 atom stereocenters. The number of carbonyl (C=O) groups excluding carboxylic acids is 1. The molecule has 2 saturated heterocycles. The van der Waals surface area contributed by atoms with Gasteiger partial charge in [-0.3, -0.25) is 9.20 Å². The lowest BCUT2D eigenvalue weighted by Gasteiger charge is -2.34. The Balaban J connectivity index is 1.58. The quantitative estimate of drug-likeness (QED) is 0.849. The van der Waals surface area contributed by atoms with Gasteiger partial charge in [-0.05, 0) is 44.7 Å². The number of amides is 1. The first-order chi connectivity index (χ1) is 11.2. The van der Waals surface area contributed by atoms with Gasteiger partial charge in [0.2, 0.25) is 11.9 Å². The predicted octanol–water partition coefficient (Wildman–Crippen LogP) is 1.88. The molecule has 0 saturated carbocycles. The van der Waals surface area contributed by atoms with Gasteiger partial charge in [0.05, 0.1) is 5.92 Å². The minimum absolute atomic E-state index is 0.0956. The molecule has 1 amide bonds. The van der Waals surface area contributed by atoms with E-state index >= 15 is 0 Å². The Morgan fingerprint density at radius 3 is 2.78 bits per heavy atom. The van der Waals surface area contributed by atoms with E-state index in [1.807, 2.05) is 17.0 Å². The van der Waals surface area contributed by atoms with Crippen molar-refractivity contribution < 1.29 is 4.79 Å². The van der Waals surface area contributed by atoms with E-state index in [4.69, 9.17) is 0 Å². The Morgan fingerprint density at radius 1 is 1.13 bits per heavy atom. The average molecular weight is 313 g/mol. The van der Waals surface area contributed by atoms with Crippen LogP contribution in [0.3, 0.4) is 0 Å². The highest BCUT2D eigenvalue weighted by atomic mass is 16.2. The van der Waals surface area contributed by atoms with Crippen molar-refractivity contribution in [3.8, 4) is 0 Å². The van der Waals surface area contributed by atoms with Crippen LogP contribution in [0.2, 0.25) is 0 Å². The minimum Gasteiger partial charge on any atom is -0.342 e. The fourth-order valence-corrected chi connectivity index (χ4v) is 3.84. The van der Waals surface area contributed by atoms with E-state index in [2.05, 4.69) is 32.5 Å². The first kappa shape index (κ1) is 14.5. The summed E-state index contributed by atoms with van der Waals surface area (Å²) < 4.78 is 2.09. The standard InChI is InChI=1S/C17H23N5O/c1-13-6-4-8-15-18-19-17(22(13)15)21-11-5-7-14(12-21)16(23)20-9-2-3-10-20/h4,6,8,14H,2-3,5,7,9-12H2,1H3. The van der Waals surface area contributed by atoms with E-state index in [0.29, 0.717) is 5.91 Å². The highest BCUT2D eigenvalue weighted by molar-refractivity contribution is 5.80. The van der Waals surface area contributed by atoms with Crippen molar-refractivity contribution in [2.75, 3.05) is 31.1 Å². The molecular formula is C17H23N5O. The van der Waals surface area contributed by atoms with Crippen molar-refractivity contribution >= 4 is 17.5 Å². The molecule has 2 aromatic heterocycles. The van der Waals surface area contributed by atoms with Crippen LogP contribution in [0.25, 0.3) is 5.65 Å². The molecule has 4 rings (SSSR count). The van der Waals surface area contributed by atoms with Crippen LogP contribution in [0, 0.1) is 12.8 Å². The van der Waals surface area contributed by atoms with Crippen LogP contribution in [0.1, 0.15) is 31.4 Å². The molecular weight excluding hydrogens is 290 g/mol. The first-order valence-corrected chi connectivity index (χ1v) is 8.58. The molecule has 0 aromatic carbocycles. The monoisotopic (exact) mass is 313 g/mol. The van der Waals surface area contributed by atoms with Crippen LogP contribution in [0.5, 0.6) is 0 Å². The minimum atomic E-state index is 0.0956. The second-order valence-electron chi connectivity index (χ2n) is 6.68. The SMILES string of the molecule is Cc1cccc2nnc(N3CCCC(C(=O)N4CCCC4)C3)n12. The average Bonchev–Trinajstić information content (AvgIpc) is 3.24. The second-order valence-corrected chi connectivity index (χ2v) is 6.68. The van der Waals surface area contributed by atoms with Crippen LogP contribution < -0.4 is 4.90 Å². The summed E-state index contributed by atoms with van der Waals surface area (Å²) in [5.41, 5.74) is 1.99. The maximum Gasteiger partial charge on any atom is 0.231 e. The highest BCUT2D eigenvalue weighted by Gasteiger charge is 2.32. The zero-order chi connectivity index (χ0) is 15.8. The maximum absolute atomic E-state index is 12.7. The van der Waals surface area contributed by atoms with Gasteiger partial charge in [-0.25, -0.2) is 0 Å². The number of fused-ring (bicyclic) bond motifs is 1. The molecule has 1 unspecified atom stereocenters. The number of aryl methyl sites for hydroxylation is 1. The molecule has 0 aliphatic carbocycles. The van der Waals surface area contributed by atoms with Crippen molar-refractivity contribution in [3.05, 3.63) is 23.9 Å². The predicted molar refractivity (Wildman–Crippen MR) is 88.5 cm³/mol. The van der Waals surface area contributed by atoms with Crippen molar-refractivity contribution in [2.24, 2.45) is 5.92 Å². The van der Waals surface area contributed by atoms with Gasteiger partial charge in [0.1, 0.15) is 0 Å². The van der Waals surface area contributed by atoms with Gasteiger partial charge in [0, 0.05) is 31.9 Å². The highest BCUT2D eigenvalue weighted by Crippen LogP contribution is 2.25. The number of pyridine rings is 1. The van der Waals surface area contributed by atoms with Crippen molar-refractivity contribution in [2.45, 2.75) is 32.6 Å². The molecule has 0 radical (unpaired) electrons. The molecule has 0 N–H and O–H groups in total. The number of anilines is 1. The van der Waals surface area contributed by atoms with Gasteiger partial charge >= 0.3 is 0 Å². The molecule has 6 nitrogen and oxygen atoms in total. The fraction of sp³-hybridized carbons (Fsp3) is 0.588. The zero-order valence-corrected chi connectivity index (χ0v) is 13.6. The van der Waals surface area contributed by atoms with Crippen LogP contribution in [-0.4, -0.2) is 51.6 Å². The van der Waals surface area contributed by atoms with E-state index in [-0.39, 0.29) is 5.92 Å². The summed E-state index contributed by atoms with van der Waals surface area (Å²) in [4.78, 5) is 17.0. The summed E-state index contributed by atoms with van der Waals surface area (Å²) in [5.74, 6) is 1.30. The number of likely N-dealkylation sites (tertiary alicyclic amines) is 1. The Kier molecular flexibility index (Phi) is 3.67. The number of carbonyl (C=O) groups is 1. The van der Waals surface area contributed by atoms with E-state index in [9.17, 15) is 4.79 Å². The van der Waals surface area contributed by atoms with Gasteiger partial charge in [-0.2, -0.15) is 0 Å². The van der Waals surface area contributed by atoms with Crippen LogP contribution in [0.15, 0.2) is 18.2 Å². The fourth-order valence-electron chi connectivity index (χ4n) is 3.84. The van der Waals surface area contributed by atoms with Crippen molar-refractivity contribution in [3.63, 3.8) is 0 Å². The summed E-state index contributed by atoms with van der Waals surface area (Å²) in [6.07, 6.45) is 4.32. The molecule has 4 heterocycles.